The van der Waals surface area contributed by atoms with Crippen molar-refractivity contribution in [3.05, 3.63) is 58.2 Å². The number of carbonyl (C=O) groups is 1. The Hall–Kier alpha value is -2.77. The van der Waals surface area contributed by atoms with E-state index in [9.17, 15) is 4.79 Å². The Bertz CT molecular complexity index is 944. The largest absolute Gasteiger partial charge is 0.463 e. The third-order valence-electron chi connectivity index (χ3n) is 3.43. The maximum atomic E-state index is 12.1. The molecule has 1 N–H and O–H groups in total. The average Bonchev–Trinajstić information content (AvgIpc) is 3.25. The molecule has 0 fully saturated rings. The van der Waals surface area contributed by atoms with Crippen LogP contribution in [0.3, 0.4) is 0 Å². The van der Waals surface area contributed by atoms with Gasteiger partial charge < -0.3 is 8.94 Å². The summed E-state index contributed by atoms with van der Waals surface area (Å²) in [6.45, 7) is 3.28. The van der Waals surface area contributed by atoms with Crippen molar-refractivity contribution in [1.82, 2.24) is 5.16 Å². The molecule has 0 aliphatic carbocycles. The fourth-order valence-electron chi connectivity index (χ4n) is 2.18. The van der Waals surface area contributed by atoms with Crippen LogP contribution >= 0.6 is 23.2 Å². The normalized spacial score (nSPS) is 11.5. The summed E-state index contributed by atoms with van der Waals surface area (Å²) in [6, 6.07) is 8.42. The predicted octanol–water partition coefficient (Wildman–Crippen LogP) is 5.52. The first kappa shape index (κ1) is 18.0. The molecule has 0 spiro atoms. The lowest BCUT2D eigenvalue weighted by atomic mass is 10.1. The summed E-state index contributed by atoms with van der Waals surface area (Å²) in [4.78, 5) is 16.9. The van der Waals surface area contributed by atoms with Gasteiger partial charge in [0.2, 0.25) is 0 Å². The van der Waals surface area contributed by atoms with E-state index in [2.05, 4.69) is 15.6 Å². The van der Waals surface area contributed by atoms with Crippen LogP contribution in [0.2, 0.25) is 10.0 Å². The van der Waals surface area contributed by atoms with E-state index in [1.807, 2.05) is 0 Å². The minimum atomic E-state index is -0.827. The molecule has 0 aliphatic rings. The molecule has 0 aliphatic heterocycles. The van der Waals surface area contributed by atoms with Crippen LogP contribution in [0.1, 0.15) is 18.4 Å². The molecular weight excluding hydrogens is 381 g/mol. The fourth-order valence-corrected chi connectivity index (χ4v) is 2.75. The number of nitrogens with one attached hydrogen (secondary N) is 1. The molecule has 2 heterocycles. The third-order valence-corrected chi connectivity index (χ3v) is 4.06. The number of hydrogen-bond donors (Lipinski definition) is 1. The second-order valence-electron chi connectivity index (χ2n) is 5.22. The zero-order chi connectivity index (χ0) is 18.7. The fraction of sp³-hybridized carbons (Fsp3) is 0.118. The molecule has 0 bridgehead atoms. The topological polar surface area (TPSA) is 89.9 Å². The van der Waals surface area contributed by atoms with Crippen molar-refractivity contribution >= 4 is 40.7 Å². The van der Waals surface area contributed by atoms with Gasteiger partial charge >= 0.3 is 6.09 Å². The van der Waals surface area contributed by atoms with Crippen LogP contribution in [0.5, 0.6) is 0 Å². The number of aromatic nitrogens is 1. The summed E-state index contributed by atoms with van der Waals surface area (Å²) in [6.07, 6.45) is 0.667. The smallest absolute Gasteiger partial charge is 0.438 e. The summed E-state index contributed by atoms with van der Waals surface area (Å²) in [5, 5.41) is 10.9. The Balaban J connectivity index is 1.82. The Kier molecular flexibility index (Phi) is 5.29. The van der Waals surface area contributed by atoms with Gasteiger partial charge in [-0.05, 0) is 38.1 Å². The minimum Gasteiger partial charge on any atom is -0.463 e. The Morgan fingerprint density at radius 2 is 1.96 bits per heavy atom. The number of rotatable bonds is 4. The Morgan fingerprint density at radius 3 is 2.62 bits per heavy atom. The van der Waals surface area contributed by atoms with Crippen LogP contribution < -0.4 is 5.32 Å². The van der Waals surface area contributed by atoms with Gasteiger partial charge in [-0.1, -0.05) is 39.6 Å². The van der Waals surface area contributed by atoms with E-state index in [-0.39, 0.29) is 5.69 Å². The quantitative estimate of drug-likeness (QED) is 0.357. The first-order chi connectivity index (χ1) is 12.5. The van der Waals surface area contributed by atoms with Gasteiger partial charge in [-0.3, -0.25) is 10.2 Å². The van der Waals surface area contributed by atoms with Gasteiger partial charge in [0.15, 0.2) is 11.5 Å². The summed E-state index contributed by atoms with van der Waals surface area (Å²) >= 11 is 12.4. The van der Waals surface area contributed by atoms with Gasteiger partial charge in [0.1, 0.15) is 17.1 Å². The molecule has 1 aromatic carbocycles. The number of halogens is 2. The van der Waals surface area contributed by atoms with Gasteiger partial charge in [0.05, 0.1) is 16.3 Å². The molecule has 1 amide bonds. The zero-order valence-electron chi connectivity index (χ0n) is 13.7. The molecule has 0 saturated heterocycles. The van der Waals surface area contributed by atoms with E-state index in [1.54, 1.807) is 44.2 Å². The number of carbonyl (C=O) groups excluding carboxylic acids is 1. The van der Waals surface area contributed by atoms with Gasteiger partial charge in [0, 0.05) is 5.56 Å². The molecule has 0 atom stereocenters. The number of oxime groups is 1. The maximum Gasteiger partial charge on any atom is 0.438 e. The zero-order valence-corrected chi connectivity index (χ0v) is 15.3. The molecule has 3 aromatic rings. The van der Waals surface area contributed by atoms with Crippen molar-refractivity contribution in [2.24, 2.45) is 5.16 Å². The van der Waals surface area contributed by atoms with Crippen LogP contribution in [0.25, 0.3) is 11.3 Å². The lowest BCUT2D eigenvalue weighted by molar-refractivity contribution is 0.166. The molecule has 9 heteroatoms. The van der Waals surface area contributed by atoms with Crippen molar-refractivity contribution in [3.63, 3.8) is 0 Å². The second-order valence-corrected chi connectivity index (χ2v) is 6.03. The van der Waals surface area contributed by atoms with E-state index in [0.717, 1.165) is 0 Å². The van der Waals surface area contributed by atoms with E-state index in [0.29, 0.717) is 38.5 Å². The summed E-state index contributed by atoms with van der Waals surface area (Å²) < 4.78 is 10.3. The van der Waals surface area contributed by atoms with Crippen molar-refractivity contribution in [1.29, 1.82) is 0 Å². The van der Waals surface area contributed by atoms with Crippen molar-refractivity contribution < 1.29 is 18.6 Å². The van der Waals surface area contributed by atoms with Crippen LogP contribution in [-0.2, 0) is 4.84 Å². The van der Waals surface area contributed by atoms with Crippen LogP contribution in [0.4, 0.5) is 10.5 Å². The molecular formula is C17H13Cl2N3O4. The monoisotopic (exact) mass is 393 g/mol. The summed E-state index contributed by atoms with van der Waals surface area (Å²) in [5.41, 5.74) is 1.43. The highest BCUT2D eigenvalue weighted by atomic mass is 35.5. The van der Waals surface area contributed by atoms with Gasteiger partial charge in [-0.2, -0.15) is 0 Å². The maximum absolute atomic E-state index is 12.1. The lowest BCUT2D eigenvalue weighted by Crippen LogP contribution is -2.13. The molecule has 0 saturated carbocycles. The first-order valence-corrected chi connectivity index (χ1v) is 8.20. The number of furan rings is 1. The standard InChI is InChI=1S/C17H13Cl2N3O4/c1-9(13-7-4-8-24-13)21-26-17(23)20-15-10(2)25-22-16(15)14-11(18)5-3-6-12(14)19/h3-8H,1-2H3,(H,20,23). The van der Waals surface area contributed by atoms with Gasteiger partial charge in [-0.15, -0.1) is 0 Å². The number of hydrogen-bond acceptors (Lipinski definition) is 6. The molecule has 134 valence electrons. The molecule has 3 rings (SSSR count). The SMILES string of the molecule is CC(=NOC(=O)Nc1c(-c2c(Cl)cccc2Cl)noc1C)c1ccco1. The summed E-state index contributed by atoms with van der Waals surface area (Å²) in [5.74, 6) is 0.849. The van der Waals surface area contributed by atoms with Gasteiger partial charge in [-0.25, -0.2) is 4.79 Å². The average molecular weight is 394 g/mol. The highest BCUT2D eigenvalue weighted by Gasteiger charge is 2.22. The molecule has 0 unspecified atom stereocenters. The van der Waals surface area contributed by atoms with Crippen molar-refractivity contribution in [2.45, 2.75) is 13.8 Å². The third kappa shape index (κ3) is 3.74. The van der Waals surface area contributed by atoms with E-state index in [4.69, 9.17) is 37.0 Å². The number of benzene rings is 1. The van der Waals surface area contributed by atoms with Gasteiger partial charge in [0.25, 0.3) is 0 Å². The minimum absolute atomic E-state index is 0.288. The Labute approximate surface area is 158 Å². The number of aryl methyl sites for hydroxylation is 1. The first-order valence-electron chi connectivity index (χ1n) is 7.44. The van der Waals surface area contributed by atoms with E-state index >= 15 is 0 Å². The molecule has 26 heavy (non-hydrogen) atoms. The molecule has 7 nitrogen and oxygen atoms in total. The van der Waals surface area contributed by atoms with E-state index < -0.39 is 6.09 Å². The van der Waals surface area contributed by atoms with Crippen molar-refractivity contribution in [3.8, 4) is 11.3 Å². The highest BCUT2D eigenvalue weighted by molar-refractivity contribution is 6.39. The number of anilines is 1. The predicted molar refractivity (Wildman–Crippen MR) is 97.7 cm³/mol. The number of nitrogens with zero attached hydrogens (tertiary/aromatic N) is 2. The van der Waals surface area contributed by atoms with Crippen LogP contribution in [-0.4, -0.2) is 17.0 Å². The lowest BCUT2D eigenvalue weighted by Gasteiger charge is -2.07. The highest BCUT2D eigenvalue weighted by Crippen LogP contribution is 2.39. The molecule has 2 aromatic heterocycles. The van der Waals surface area contributed by atoms with E-state index in [1.165, 1.54) is 6.26 Å². The second kappa shape index (κ2) is 7.63. The summed E-state index contributed by atoms with van der Waals surface area (Å²) in [7, 11) is 0. The van der Waals surface area contributed by atoms with Crippen LogP contribution in [0.15, 0.2) is 50.7 Å². The Morgan fingerprint density at radius 1 is 1.23 bits per heavy atom. The molecule has 0 radical (unpaired) electrons. The number of amides is 1. The van der Waals surface area contributed by atoms with Crippen molar-refractivity contribution in [2.75, 3.05) is 5.32 Å². The van der Waals surface area contributed by atoms with Crippen LogP contribution in [0, 0.1) is 6.92 Å².